The fourth-order valence-electron chi connectivity index (χ4n) is 7.00. The number of piperidine rings is 1. The van der Waals surface area contributed by atoms with Gasteiger partial charge in [0, 0.05) is 56.0 Å². The SMILES string of the molecule is COc1cc(N2CCC(O)CC2)ccc1Cc1ncc2c(n1)N(C1CCCC1)[C@@H]1CCC[C@@H]1C(=O)N2C. The second-order valence-electron chi connectivity index (χ2n) is 11.2. The number of hydrogen-bond acceptors (Lipinski definition) is 7. The van der Waals surface area contributed by atoms with Crippen molar-refractivity contribution in [3.8, 4) is 5.75 Å². The number of hydrogen-bond donors (Lipinski definition) is 1. The van der Waals surface area contributed by atoms with Gasteiger partial charge in [-0.3, -0.25) is 4.79 Å². The van der Waals surface area contributed by atoms with Crippen molar-refractivity contribution >= 4 is 23.1 Å². The molecule has 3 fully saturated rings. The molecule has 2 aliphatic carbocycles. The van der Waals surface area contributed by atoms with Gasteiger partial charge >= 0.3 is 0 Å². The zero-order chi connectivity index (χ0) is 25.5. The quantitative estimate of drug-likeness (QED) is 0.659. The monoisotopic (exact) mass is 505 g/mol. The van der Waals surface area contributed by atoms with E-state index < -0.39 is 0 Å². The first-order valence-corrected chi connectivity index (χ1v) is 14.0. The van der Waals surface area contributed by atoms with Gasteiger partial charge in [0.2, 0.25) is 5.91 Å². The number of carbonyl (C=O) groups excluding carboxylic acids is 1. The smallest absolute Gasteiger partial charge is 0.232 e. The molecule has 1 saturated heterocycles. The Hall–Kier alpha value is -2.87. The maximum absolute atomic E-state index is 13.4. The Kier molecular flexibility index (Phi) is 6.69. The third-order valence-electron chi connectivity index (χ3n) is 9.06. The first-order valence-electron chi connectivity index (χ1n) is 14.0. The summed E-state index contributed by atoms with van der Waals surface area (Å²) in [4.78, 5) is 29.9. The number of ether oxygens (including phenoxy) is 1. The molecule has 1 aromatic carbocycles. The molecular formula is C29H39N5O3. The highest BCUT2D eigenvalue weighted by Gasteiger charge is 2.45. The standard InChI is InChI=1S/C29H39N5O3/c1-32-25-18-30-27(16-19-10-11-21(17-26(19)37-2)33-14-12-22(35)13-15-33)31-28(25)34(20-6-3-4-7-20)24-9-5-8-23(24)29(32)36/h10-11,17-18,20,22-24,35H,3-9,12-16H2,1-2H3/t23-,24+/m0/s1. The van der Waals surface area contributed by atoms with Gasteiger partial charge in [0.05, 0.1) is 25.3 Å². The van der Waals surface area contributed by atoms with Crippen LogP contribution in [0.25, 0.3) is 0 Å². The summed E-state index contributed by atoms with van der Waals surface area (Å²) in [6, 6.07) is 7.03. The lowest BCUT2D eigenvalue weighted by Crippen LogP contribution is -2.46. The van der Waals surface area contributed by atoms with E-state index in [1.54, 1.807) is 7.11 Å². The van der Waals surface area contributed by atoms with Crippen LogP contribution in [0.1, 0.15) is 69.2 Å². The maximum Gasteiger partial charge on any atom is 0.232 e. The van der Waals surface area contributed by atoms with Gasteiger partial charge in [-0.15, -0.1) is 0 Å². The number of nitrogens with zero attached hydrogens (tertiary/aromatic N) is 5. The molecule has 2 aromatic rings. The number of methoxy groups -OCH3 is 1. The number of benzene rings is 1. The zero-order valence-electron chi connectivity index (χ0n) is 22.1. The van der Waals surface area contributed by atoms with Gasteiger partial charge in [0.25, 0.3) is 0 Å². The van der Waals surface area contributed by atoms with Crippen LogP contribution in [-0.2, 0) is 11.2 Å². The molecule has 8 nitrogen and oxygen atoms in total. The Labute approximate surface area is 219 Å². The second kappa shape index (κ2) is 10.1. The van der Waals surface area contributed by atoms with Crippen molar-refractivity contribution in [2.24, 2.45) is 5.92 Å². The lowest BCUT2D eigenvalue weighted by atomic mass is 9.99. The van der Waals surface area contributed by atoms with Crippen LogP contribution >= 0.6 is 0 Å². The minimum atomic E-state index is -0.194. The molecule has 3 heterocycles. The summed E-state index contributed by atoms with van der Waals surface area (Å²) in [5.74, 6) is 2.78. The predicted octanol–water partition coefficient (Wildman–Crippen LogP) is 3.93. The average molecular weight is 506 g/mol. The highest BCUT2D eigenvalue weighted by molar-refractivity contribution is 5.99. The minimum absolute atomic E-state index is 0.0480. The Balaban J connectivity index is 1.32. The molecule has 0 unspecified atom stereocenters. The summed E-state index contributed by atoms with van der Waals surface area (Å²) in [5, 5.41) is 9.86. The van der Waals surface area contributed by atoms with Crippen LogP contribution in [0, 0.1) is 5.92 Å². The van der Waals surface area contributed by atoms with E-state index in [0.717, 1.165) is 79.5 Å². The van der Waals surface area contributed by atoms with Crippen LogP contribution in [0.4, 0.5) is 17.2 Å². The van der Waals surface area contributed by atoms with Crippen molar-refractivity contribution in [1.82, 2.24) is 9.97 Å². The van der Waals surface area contributed by atoms with Crippen molar-refractivity contribution in [2.75, 3.05) is 41.9 Å². The summed E-state index contributed by atoms with van der Waals surface area (Å²) in [7, 11) is 3.60. The van der Waals surface area contributed by atoms with E-state index >= 15 is 0 Å². The molecule has 37 heavy (non-hydrogen) atoms. The number of fused-ring (bicyclic) bond motifs is 2. The lowest BCUT2D eigenvalue weighted by molar-refractivity contribution is -0.122. The van der Waals surface area contributed by atoms with Crippen LogP contribution in [-0.4, -0.2) is 66.4 Å². The van der Waals surface area contributed by atoms with Gasteiger partial charge in [-0.2, -0.15) is 0 Å². The highest BCUT2D eigenvalue weighted by Crippen LogP contribution is 2.44. The molecule has 0 spiro atoms. The Morgan fingerprint density at radius 1 is 1.05 bits per heavy atom. The fourth-order valence-corrected chi connectivity index (χ4v) is 7.00. The second-order valence-corrected chi connectivity index (χ2v) is 11.2. The topological polar surface area (TPSA) is 82.0 Å². The first-order chi connectivity index (χ1) is 18.0. The van der Waals surface area contributed by atoms with Crippen LogP contribution < -0.4 is 19.4 Å². The molecule has 0 bridgehead atoms. The summed E-state index contributed by atoms with van der Waals surface area (Å²) >= 11 is 0. The van der Waals surface area contributed by atoms with E-state index in [0.29, 0.717) is 12.5 Å². The van der Waals surface area contributed by atoms with E-state index in [2.05, 4.69) is 28.0 Å². The Morgan fingerprint density at radius 2 is 1.84 bits per heavy atom. The number of aromatic nitrogens is 2. The van der Waals surface area contributed by atoms with E-state index in [1.165, 1.54) is 25.7 Å². The third kappa shape index (κ3) is 4.54. The average Bonchev–Trinajstić information content (AvgIpc) is 3.61. The summed E-state index contributed by atoms with van der Waals surface area (Å²) in [6.07, 6.45) is 11.8. The molecule has 2 aliphatic heterocycles. The molecule has 4 aliphatic rings. The Bertz CT molecular complexity index is 1140. The van der Waals surface area contributed by atoms with E-state index in [1.807, 2.05) is 18.1 Å². The van der Waals surface area contributed by atoms with Gasteiger partial charge < -0.3 is 24.5 Å². The van der Waals surface area contributed by atoms with Crippen LogP contribution in [0.15, 0.2) is 24.4 Å². The molecular weight excluding hydrogens is 466 g/mol. The van der Waals surface area contributed by atoms with Crippen molar-refractivity contribution in [3.63, 3.8) is 0 Å². The number of rotatable bonds is 5. The first kappa shape index (κ1) is 24.5. The molecule has 2 atom stereocenters. The number of aliphatic hydroxyl groups excluding tert-OH is 1. The van der Waals surface area contributed by atoms with Crippen LogP contribution in [0.2, 0.25) is 0 Å². The third-order valence-corrected chi connectivity index (χ3v) is 9.06. The number of amides is 1. The maximum atomic E-state index is 13.4. The summed E-state index contributed by atoms with van der Waals surface area (Å²) < 4.78 is 5.80. The molecule has 198 valence electrons. The molecule has 1 amide bonds. The van der Waals surface area contributed by atoms with Gasteiger partial charge in [-0.05, 0) is 44.6 Å². The molecule has 0 radical (unpaired) electrons. The molecule has 1 N–H and O–H groups in total. The van der Waals surface area contributed by atoms with Crippen LogP contribution in [0.3, 0.4) is 0 Å². The highest BCUT2D eigenvalue weighted by atomic mass is 16.5. The van der Waals surface area contributed by atoms with Gasteiger partial charge in [-0.1, -0.05) is 25.3 Å². The Morgan fingerprint density at radius 3 is 2.59 bits per heavy atom. The van der Waals surface area contributed by atoms with Gasteiger partial charge in [0.1, 0.15) is 17.3 Å². The predicted molar refractivity (Wildman–Crippen MR) is 145 cm³/mol. The number of anilines is 3. The van der Waals surface area contributed by atoms with Crippen molar-refractivity contribution < 1.29 is 14.6 Å². The van der Waals surface area contributed by atoms with Gasteiger partial charge in [0.15, 0.2) is 5.82 Å². The van der Waals surface area contributed by atoms with Gasteiger partial charge in [-0.25, -0.2) is 9.97 Å². The largest absolute Gasteiger partial charge is 0.496 e. The number of carbonyl (C=O) groups is 1. The minimum Gasteiger partial charge on any atom is -0.496 e. The van der Waals surface area contributed by atoms with Crippen molar-refractivity contribution in [1.29, 1.82) is 0 Å². The molecule has 6 rings (SSSR count). The van der Waals surface area contributed by atoms with Crippen LogP contribution in [0.5, 0.6) is 5.75 Å². The normalized spacial score (nSPS) is 24.8. The summed E-state index contributed by atoms with van der Waals surface area (Å²) in [5.41, 5.74) is 3.01. The lowest BCUT2D eigenvalue weighted by Gasteiger charge is -2.36. The van der Waals surface area contributed by atoms with Crippen molar-refractivity contribution in [3.05, 3.63) is 35.8 Å². The van der Waals surface area contributed by atoms with E-state index in [-0.39, 0.29) is 24.0 Å². The summed E-state index contributed by atoms with van der Waals surface area (Å²) in [6.45, 7) is 1.70. The molecule has 8 heteroatoms. The molecule has 1 aromatic heterocycles. The van der Waals surface area contributed by atoms with Crippen molar-refractivity contribution in [2.45, 2.75) is 82.4 Å². The molecule has 2 saturated carbocycles. The van der Waals surface area contributed by atoms with E-state index in [4.69, 9.17) is 14.7 Å². The fraction of sp³-hybridized carbons (Fsp3) is 0.621. The number of aliphatic hydroxyl groups is 1. The van der Waals surface area contributed by atoms with E-state index in [9.17, 15) is 9.90 Å². The zero-order valence-corrected chi connectivity index (χ0v) is 22.1.